The maximum atomic E-state index is 6.15. The van der Waals surface area contributed by atoms with Crippen molar-refractivity contribution in [2.24, 2.45) is 0 Å². The van der Waals surface area contributed by atoms with Crippen molar-refractivity contribution in [2.75, 3.05) is 11.1 Å². The molecule has 3 rings (SSSR count). The maximum Gasteiger partial charge on any atom is 0.248 e. The van der Waals surface area contributed by atoms with Gasteiger partial charge in [-0.2, -0.15) is 4.98 Å². The monoisotopic (exact) mass is 320 g/mol. The molecule has 122 valence electrons. The van der Waals surface area contributed by atoms with Gasteiger partial charge in [0.15, 0.2) is 5.82 Å². The highest BCUT2D eigenvalue weighted by atomic mass is 16.5. The number of aryl methyl sites for hydroxylation is 2. The summed E-state index contributed by atoms with van der Waals surface area (Å²) in [5, 5.41) is 3.20. The van der Waals surface area contributed by atoms with Gasteiger partial charge >= 0.3 is 0 Å². The minimum atomic E-state index is 0.335. The highest BCUT2D eigenvalue weighted by Gasteiger charge is 2.10. The molecule has 0 saturated heterocycles. The average Bonchev–Trinajstić information content (AvgIpc) is 2.61. The number of anilines is 3. The highest BCUT2D eigenvalue weighted by Crippen LogP contribution is 2.31. The first kappa shape index (κ1) is 15.8. The van der Waals surface area contributed by atoms with E-state index in [4.69, 9.17) is 10.5 Å². The van der Waals surface area contributed by atoms with Gasteiger partial charge in [-0.15, -0.1) is 0 Å². The number of nitrogens with one attached hydrogen (secondary N) is 1. The zero-order valence-electron chi connectivity index (χ0n) is 13.8. The van der Waals surface area contributed by atoms with Crippen molar-refractivity contribution in [2.45, 2.75) is 20.3 Å². The molecule has 5 heteroatoms. The molecule has 0 fully saturated rings. The van der Waals surface area contributed by atoms with Gasteiger partial charge in [-0.3, -0.25) is 0 Å². The van der Waals surface area contributed by atoms with Gasteiger partial charge in [-0.25, -0.2) is 4.98 Å². The minimum Gasteiger partial charge on any atom is -0.437 e. The second-order valence-corrected chi connectivity index (χ2v) is 5.53. The Morgan fingerprint density at radius 1 is 1.00 bits per heavy atom. The Morgan fingerprint density at radius 2 is 1.71 bits per heavy atom. The van der Waals surface area contributed by atoms with Gasteiger partial charge in [0.25, 0.3) is 0 Å². The summed E-state index contributed by atoms with van der Waals surface area (Å²) in [5.74, 6) is 1.54. The third kappa shape index (κ3) is 3.63. The fourth-order valence-corrected chi connectivity index (χ4v) is 2.24. The quantitative estimate of drug-likeness (QED) is 0.726. The van der Waals surface area contributed by atoms with Crippen LogP contribution in [-0.4, -0.2) is 9.97 Å². The number of rotatable bonds is 5. The van der Waals surface area contributed by atoms with E-state index in [-0.39, 0.29) is 0 Å². The van der Waals surface area contributed by atoms with Gasteiger partial charge in [0.2, 0.25) is 5.88 Å². The lowest BCUT2D eigenvalue weighted by atomic mass is 10.1. The predicted molar refractivity (Wildman–Crippen MR) is 96.8 cm³/mol. The summed E-state index contributed by atoms with van der Waals surface area (Å²) >= 11 is 0. The van der Waals surface area contributed by atoms with Crippen LogP contribution in [0.1, 0.15) is 18.1 Å². The third-order valence-electron chi connectivity index (χ3n) is 3.71. The Hall–Kier alpha value is -3.08. The molecule has 0 radical (unpaired) electrons. The van der Waals surface area contributed by atoms with Gasteiger partial charge in [-0.05, 0) is 43.2 Å². The molecule has 0 atom stereocenters. The van der Waals surface area contributed by atoms with Crippen molar-refractivity contribution in [3.63, 3.8) is 0 Å². The Morgan fingerprint density at radius 3 is 2.38 bits per heavy atom. The molecule has 0 bridgehead atoms. The number of nitrogens with two attached hydrogens (primary N) is 1. The zero-order chi connectivity index (χ0) is 16.9. The molecule has 24 heavy (non-hydrogen) atoms. The van der Waals surface area contributed by atoms with E-state index in [1.807, 2.05) is 43.3 Å². The molecule has 5 nitrogen and oxygen atoms in total. The van der Waals surface area contributed by atoms with E-state index in [9.17, 15) is 0 Å². The Balaban J connectivity index is 1.80. The Kier molecular flexibility index (Phi) is 4.61. The van der Waals surface area contributed by atoms with Crippen LogP contribution in [0, 0.1) is 6.92 Å². The molecule has 0 unspecified atom stereocenters. The van der Waals surface area contributed by atoms with Gasteiger partial charge in [0.1, 0.15) is 17.8 Å². The number of aromatic nitrogens is 2. The standard InChI is InChI=1S/C19H20N4O/c1-3-14-6-8-15(9-7-14)23-18-17(20)19(22-12-21-18)24-16-10-4-13(2)5-11-16/h4-12H,3,20H2,1-2H3,(H,21,22,23). The molecular formula is C19H20N4O. The molecule has 1 aromatic heterocycles. The van der Waals surface area contributed by atoms with Crippen LogP contribution in [0.2, 0.25) is 0 Å². The summed E-state index contributed by atoms with van der Waals surface area (Å²) in [6.07, 6.45) is 2.44. The molecule has 0 aliphatic carbocycles. The second-order valence-electron chi connectivity index (χ2n) is 5.53. The topological polar surface area (TPSA) is 73.1 Å². The Bertz CT molecular complexity index is 814. The van der Waals surface area contributed by atoms with Crippen molar-refractivity contribution < 1.29 is 4.74 Å². The van der Waals surface area contributed by atoms with Gasteiger partial charge in [-0.1, -0.05) is 36.8 Å². The molecule has 0 aliphatic heterocycles. The van der Waals surface area contributed by atoms with Crippen LogP contribution in [0.3, 0.4) is 0 Å². The van der Waals surface area contributed by atoms with Crippen molar-refractivity contribution in [1.82, 2.24) is 9.97 Å². The first-order valence-electron chi connectivity index (χ1n) is 7.86. The van der Waals surface area contributed by atoms with Crippen LogP contribution >= 0.6 is 0 Å². The normalized spacial score (nSPS) is 10.4. The summed E-state index contributed by atoms with van der Waals surface area (Å²) in [6, 6.07) is 15.9. The number of nitrogens with zero attached hydrogens (tertiary/aromatic N) is 2. The number of benzene rings is 2. The van der Waals surface area contributed by atoms with Crippen LogP contribution in [-0.2, 0) is 6.42 Å². The van der Waals surface area contributed by atoms with Crippen LogP contribution in [0.4, 0.5) is 17.2 Å². The van der Waals surface area contributed by atoms with Gasteiger partial charge in [0.05, 0.1) is 0 Å². The van der Waals surface area contributed by atoms with E-state index >= 15 is 0 Å². The van der Waals surface area contributed by atoms with Crippen molar-refractivity contribution in [3.05, 3.63) is 66.0 Å². The molecule has 0 saturated carbocycles. The summed E-state index contributed by atoms with van der Waals surface area (Å²) in [4.78, 5) is 8.33. The maximum absolute atomic E-state index is 6.15. The molecule has 1 heterocycles. The minimum absolute atomic E-state index is 0.335. The van der Waals surface area contributed by atoms with E-state index in [1.165, 1.54) is 11.9 Å². The van der Waals surface area contributed by atoms with Gasteiger partial charge in [0, 0.05) is 5.69 Å². The molecule has 0 spiro atoms. The Labute approximate surface area is 141 Å². The fourth-order valence-electron chi connectivity index (χ4n) is 2.24. The van der Waals surface area contributed by atoms with Crippen LogP contribution in [0.5, 0.6) is 11.6 Å². The highest BCUT2D eigenvalue weighted by molar-refractivity contribution is 5.72. The van der Waals surface area contributed by atoms with Crippen molar-refractivity contribution in [1.29, 1.82) is 0 Å². The van der Waals surface area contributed by atoms with E-state index in [0.717, 1.165) is 17.7 Å². The predicted octanol–water partition coefficient (Wildman–Crippen LogP) is 4.47. The molecule has 0 amide bonds. The smallest absolute Gasteiger partial charge is 0.248 e. The van der Waals surface area contributed by atoms with Crippen molar-refractivity contribution >= 4 is 17.2 Å². The van der Waals surface area contributed by atoms with Crippen molar-refractivity contribution in [3.8, 4) is 11.6 Å². The van der Waals surface area contributed by atoms with Crippen LogP contribution in [0.15, 0.2) is 54.9 Å². The summed E-state index contributed by atoms with van der Waals surface area (Å²) in [6.45, 7) is 4.15. The summed E-state index contributed by atoms with van der Waals surface area (Å²) < 4.78 is 5.76. The van der Waals surface area contributed by atoms with Crippen LogP contribution in [0.25, 0.3) is 0 Å². The summed E-state index contributed by atoms with van der Waals surface area (Å²) in [5.41, 5.74) is 9.88. The van der Waals surface area contributed by atoms with Crippen LogP contribution < -0.4 is 15.8 Å². The molecular weight excluding hydrogens is 300 g/mol. The third-order valence-corrected chi connectivity index (χ3v) is 3.71. The number of hydrogen-bond donors (Lipinski definition) is 2. The summed E-state index contributed by atoms with van der Waals surface area (Å²) in [7, 11) is 0. The average molecular weight is 320 g/mol. The molecule has 2 aromatic carbocycles. The number of ether oxygens (including phenoxy) is 1. The lowest BCUT2D eigenvalue weighted by Gasteiger charge is -2.12. The molecule has 0 aliphatic rings. The largest absolute Gasteiger partial charge is 0.437 e. The lowest BCUT2D eigenvalue weighted by molar-refractivity contribution is 0.464. The second kappa shape index (κ2) is 7.00. The van der Waals surface area contributed by atoms with E-state index in [2.05, 4.69) is 34.3 Å². The number of nitrogen functional groups attached to an aromatic ring is 1. The van der Waals surface area contributed by atoms with E-state index in [0.29, 0.717) is 23.1 Å². The molecule has 3 aromatic rings. The van der Waals surface area contributed by atoms with E-state index in [1.54, 1.807) is 0 Å². The van der Waals surface area contributed by atoms with Gasteiger partial charge < -0.3 is 15.8 Å². The lowest BCUT2D eigenvalue weighted by Crippen LogP contribution is -2.03. The first-order chi connectivity index (χ1) is 11.7. The zero-order valence-corrected chi connectivity index (χ0v) is 13.8. The van der Waals surface area contributed by atoms with E-state index < -0.39 is 0 Å². The fraction of sp³-hybridized carbons (Fsp3) is 0.158. The number of hydrogen-bond acceptors (Lipinski definition) is 5. The SMILES string of the molecule is CCc1ccc(Nc2ncnc(Oc3ccc(C)cc3)c2N)cc1. The molecule has 3 N–H and O–H groups in total. The first-order valence-corrected chi connectivity index (χ1v) is 7.86.